The molecule has 2 heterocycles. The predicted octanol–water partition coefficient (Wildman–Crippen LogP) is -4.14. The Bertz CT molecular complexity index is 438. The molecular formula is C10H12NNaO5S. The fourth-order valence-corrected chi connectivity index (χ4v) is 3.82. The van der Waals surface area contributed by atoms with Gasteiger partial charge in [0.1, 0.15) is 10.6 Å². The summed E-state index contributed by atoms with van der Waals surface area (Å²) in [6.07, 6.45) is -0.838. The van der Waals surface area contributed by atoms with Gasteiger partial charge in [0, 0.05) is 0 Å². The third-order valence-electron chi connectivity index (χ3n) is 3.08. The van der Waals surface area contributed by atoms with E-state index in [1.807, 2.05) is 0 Å². The SMILES string of the molecule is COC1=C(C(=O)[O-])N2C(=O)[C@H]([C@@H](C)O)[C@@]2(C)S1.[Na+]. The Hall–Kier alpha value is -0.210. The summed E-state index contributed by atoms with van der Waals surface area (Å²) in [5.74, 6) is -2.49. The van der Waals surface area contributed by atoms with Gasteiger partial charge >= 0.3 is 29.6 Å². The molecule has 0 aliphatic carbocycles. The molecule has 3 atom stereocenters. The number of methoxy groups -OCH3 is 1. The van der Waals surface area contributed by atoms with E-state index in [2.05, 4.69) is 0 Å². The average molecular weight is 281 g/mol. The molecule has 0 aromatic heterocycles. The van der Waals surface area contributed by atoms with Crippen molar-refractivity contribution < 1.29 is 54.1 Å². The van der Waals surface area contributed by atoms with E-state index >= 15 is 0 Å². The minimum absolute atomic E-state index is 0. The van der Waals surface area contributed by atoms with Crippen LogP contribution in [-0.4, -0.2) is 40.0 Å². The maximum absolute atomic E-state index is 11.8. The Morgan fingerprint density at radius 1 is 1.67 bits per heavy atom. The second kappa shape index (κ2) is 5.05. The van der Waals surface area contributed by atoms with Crippen LogP contribution in [0.25, 0.3) is 0 Å². The van der Waals surface area contributed by atoms with Crippen LogP contribution in [0.4, 0.5) is 0 Å². The fraction of sp³-hybridized carbons (Fsp3) is 0.600. The predicted molar refractivity (Wildman–Crippen MR) is 57.1 cm³/mol. The number of carbonyl (C=O) groups excluding carboxylic acids is 2. The Morgan fingerprint density at radius 3 is 2.61 bits per heavy atom. The standard InChI is InChI=1S/C10H13NO5S.Na/c1-4(12)5-7(13)11-6(8(14)15)9(16-3)17-10(5,11)2;/h4-5,12H,1-3H3,(H,14,15);/q;+1/p-1/t4-,5+,10-;/m1./s1. The second-order valence-corrected chi connectivity index (χ2v) is 5.58. The molecule has 2 rings (SSSR count). The number of aliphatic hydroxyl groups is 1. The molecule has 2 aliphatic heterocycles. The molecule has 18 heavy (non-hydrogen) atoms. The van der Waals surface area contributed by atoms with E-state index in [0.717, 1.165) is 16.7 Å². The van der Waals surface area contributed by atoms with Crippen molar-refractivity contribution in [2.75, 3.05) is 7.11 Å². The molecule has 1 N–H and O–H groups in total. The van der Waals surface area contributed by atoms with E-state index < -0.39 is 28.8 Å². The van der Waals surface area contributed by atoms with E-state index in [9.17, 15) is 19.8 Å². The van der Waals surface area contributed by atoms with Gasteiger partial charge in [-0.15, -0.1) is 0 Å². The summed E-state index contributed by atoms with van der Waals surface area (Å²) in [5.41, 5.74) is -0.248. The summed E-state index contributed by atoms with van der Waals surface area (Å²) >= 11 is 1.12. The maximum atomic E-state index is 11.8. The summed E-state index contributed by atoms with van der Waals surface area (Å²) < 4.78 is 4.95. The number of amides is 1. The number of hydrogen-bond acceptors (Lipinski definition) is 6. The first-order chi connectivity index (χ1) is 7.84. The van der Waals surface area contributed by atoms with Gasteiger partial charge in [0.25, 0.3) is 0 Å². The number of ether oxygens (including phenoxy) is 1. The zero-order valence-electron chi connectivity index (χ0n) is 10.6. The van der Waals surface area contributed by atoms with Crippen LogP contribution in [0.15, 0.2) is 10.8 Å². The molecule has 0 unspecified atom stereocenters. The van der Waals surface area contributed by atoms with Gasteiger partial charge in [-0.3, -0.25) is 9.69 Å². The fourth-order valence-electron chi connectivity index (χ4n) is 2.40. The van der Waals surface area contributed by atoms with Gasteiger partial charge in [-0.05, 0) is 13.8 Å². The number of carboxylic acid groups (broad SMARTS) is 1. The van der Waals surface area contributed by atoms with Crippen LogP contribution in [0.5, 0.6) is 0 Å². The van der Waals surface area contributed by atoms with E-state index in [1.165, 1.54) is 14.0 Å². The van der Waals surface area contributed by atoms with Crippen LogP contribution >= 0.6 is 11.8 Å². The summed E-state index contributed by atoms with van der Waals surface area (Å²) in [6.45, 7) is 3.21. The summed E-state index contributed by atoms with van der Waals surface area (Å²) in [5, 5.41) is 20.7. The smallest absolute Gasteiger partial charge is 0.543 e. The maximum Gasteiger partial charge on any atom is 1.00 e. The van der Waals surface area contributed by atoms with Crippen LogP contribution in [0.2, 0.25) is 0 Å². The molecule has 8 heteroatoms. The quantitative estimate of drug-likeness (QED) is 0.417. The molecule has 0 aromatic rings. The molecule has 6 nitrogen and oxygen atoms in total. The van der Waals surface area contributed by atoms with Crippen molar-refractivity contribution in [3.8, 4) is 0 Å². The van der Waals surface area contributed by atoms with Crippen molar-refractivity contribution in [2.45, 2.75) is 24.8 Å². The van der Waals surface area contributed by atoms with E-state index in [4.69, 9.17) is 4.74 Å². The van der Waals surface area contributed by atoms with Crippen LogP contribution in [-0.2, 0) is 14.3 Å². The number of hydrogen-bond donors (Lipinski definition) is 1. The normalized spacial score (nSPS) is 31.4. The number of aliphatic carboxylic acids is 1. The average Bonchev–Trinajstić information content (AvgIpc) is 2.46. The largest absolute Gasteiger partial charge is 1.00 e. The first-order valence-electron chi connectivity index (χ1n) is 5.05. The third kappa shape index (κ3) is 1.89. The van der Waals surface area contributed by atoms with Crippen molar-refractivity contribution in [3.05, 3.63) is 10.8 Å². The topological polar surface area (TPSA) is 89.9 Å². The number of carboxylic acids is 1. The van der Waals surface area contributed by atoms with Gasteiger partial charge in [-0.25, -0.2) is 0 Å². The summed E-state index contributed by atoms with van der Waals surface area (Å²) in [4.78, 5) is 23.2. The van der Waals surface area contributed by atoms with Gasteiger partial charge in [-0.1, -0.05) is 11.8 Å². The number of nitrogens with zero attached hydrogens (tertiary/aromatic N) is 1. The van der Waals surface area contributed by atoms with Crippen molar-refractivity contribution in [3.63, 3.8) is 0 Å². The van der Waals surface area contributed by atoms with Crippen LogP contribution in [0, 0.1) is 5.92 Å². The Labute approximate surface area is 131 Å². The van der Waals surface area contributed by atoms with Crippen molar-refractivity contribution in [1.29, 1.82) is 0 Å². The van der Waals surface area contributed by atoms with E-state index in [1.54, 1.807) is 6.92 Å². The van der Waals surface area contributed by atoms with Gasteiger partial charge in [-0.2, -0.15) is 0 Å². The van der Waals surface area contributed by atoms with Gasteiger partial charge in [0.05, 0.1) is 25.1 Å². The zero-order valence-corrected chi connectivity index (χ0v) is 13.4. The number of thioether (sulfide) groups is 1. The number of β-lactam (4-membered cyclic amide) rings is 1. The molecular weight excluding hydrogens is 269 g/mol. The molecule has 0 bridgehead atoms. The number of fused-ring (bicyclic) bond motifs is 1. The summed E-state index contributed by atoms with van der Waals surface area (Å²) in [6, 6.07) is 0. The molecule has 1 saturated heterocycles. The zero-order chi connectivity index (χ0) is 13.0. The van der Waals surface area contributed by atoms with Crippen molar-refractivity contribution >= 4 is 23.6 Å². The Balaban J connectivity index is 0.00000162. The minimum Gasteiger partial charge on any atom is -0.543 e. The number of carbonyl (C=O) groups is 2. The molecule has 1 amide bonds. The van der Waals surface area contributed by atoms with Crippen LogP contribution < -0.4 is 34.7 Å². The number of aliphatic hydroxyl groups excluding tert-OH is 1. The molecule has 0 spiro atoms. The molecule has 1 fully saturated rings. The second-order valence-electron chi connectivity index (χ2n) is 4.18. The van der Waals surface area contributed by atoms with E-state index in [-0.39, 0.29) is 40.3 Å². The third-order valence-corrected chi connectivity index (χ3v) is 4.48. The molecule has 0 saturated carbocycles. The van der Waals surface area contributed by atoms with E-state index in [0.29, 0.717) is 0 Å². The van der Waals surface area contributed by atoms with Crippen LogP contribution in [0.3, 0.4) is 0 Å². The monoisotopic (exact) mass is 281 g/mol. The Kier molecular flexibility index (Phi) is 4.45. The van der Waals surface area contributed by atoms with Crippen LogP contribution in [0.1, 0.15) is 13.8 Å². The van der Waals surface area contributed by atoms with Gasteiger partial charge in [0.15, 0.2) is 5.09 Å². The molecule has 94 valence electrons. The molecule has 0 aromatic carbocycles. The van der Waals surface area contributed by atoms with Gasteiger partial charge < -0.3 is 19.7 Å². The van der Waals surface area contributed by atoms with Gasteiger partial charge in [0.2, 0.25) is 5.91 Å². The summed E-state index contributed by atoms with van der Waals surface area (Å²) in [7, 11) is 1.34. The van der Waals surface area contributed by atoms with Crippen molar-refractivity contribution in [2.24, 2.45) is 5.92 Å². The molecule has 2 aliphatic rings. The van der Waals surface area contributed by atoms with Crippen molar-refractivity contribution in [1.82, 2.24) is 4.90 Å². The minimum atomic E-state index is -1.45. The number of rotatable bonds is 3. The molecule has 0 radical (unpaired) electrons. The first-order valence-corrected chi connectivity index (χ1v) is 5.87. The Morgan fingerprint density at radius 2 is 2.22 bits per heavy atom. The first kappa shape index (κ1) is 15.8.